The van der Waals surface area contributed by atoms with Crippen LogP contribution in [0.4, 0.5) is 11.4 Å². The smallest absolute Gasteiger partial charge is 0.146 e. The third-order valence-corrected chi connectivity index (χ3v) is 22.8. The molecule has 0 radical (unpaired) electrons. The summed E-state index contributed by atoms with van der Waals surface area (Å²) in [5.41, 5.74) is 16.7. The molecule has 0 aromatic heterocycles. The molecule has 0 aliphatic heterocycles. The molecule has 0 fully saturated rings. The van der Waals surface area contributed by atoms with Gasteiger partial charge in [0.2, 0.25) is 0 Å². The van der Waals surface area contributed by atoms with E-state index in [2.05, 4.69) is 216 Å². The standard InChI is InChI=1S/C44H62N2Si2/c1-33(2)47(34(3)4,35(5)6)31-29-42(30-32-48(36(7)8,37(9)10)38(11)12)41(23-17-39-19-25-43(26-20-39)45(13)14)24-18-40-21-27-44(28-22-40)46(15)16/h19-22,25-28,33-38H,1-16H3. The number of hydrogen-bond donors (Lipinski definition) is 0. The Labute approximate surface area is 298 Å². The molecule has 0 aliphatic rings. The third kappa shape index (κ3) is 9.76. The van der Waals surface area contributed by atoms with E-state index in [1.165, 1.54) is 0 Å². The fraction of sp³-hybridized carbons (Fsp3) is 0.500. The first-order valence-electron chi connectivity index (χ1n) is 17.8. The first kappa shape index (κ1) is 40.6. The van der Waals surface area contributed by atoms with E-state index in [-0.39, 0.29) is 0 Å². The highest BCUT2D eigenvalue weighted by Crippen LogP contribution is 2.42. The van der Waals surface area contributed by atoms with E-state index >= 15 is 0 Å². The monoisotopic (exact) mass is 674 g/mol. The van der Waals surface area contributed by atoms with Crippen molar-refractivity contribution < 1.29 is 0 Å². The lowest BCUT2D eigenvalue weighted by Gasteiger charge is -2.38. The van der Waals surface area contributed by atoms with Gasteiger partial charge in [-0.25, -0.2) is 0 Å². The van der Waals surface area contributed by atoms with Crippen LogP contribution in [0.5, 0.6) is 0 Å². The van der Waals surface area contributed by atoms with Crippen molar-refractivity contribution in [2.45, 2.75) is 116 Å². The summed E-state index contributed by atoms with van der Waals surface area (Å²) < 4.78 is 0. The number of hydrogen-bond acceptors (Lipinski definition) is 2. The van der Waals surface area contributed by atoms with Gasteiger partial charge >= 0.3 is 0 Å². The Morgan fingerprint density at radius 1 is 0.417 bits per heavy atom. The molecule has 0 saturated carbocycles. The Balaban J connectivity index is 3.09. The Bertz CT molecular complexity index is 1470. The van der Waals surface area contributed by atoms with Crippen LogP contribution in [0.3, 0.4) is 0 Å². The molecule has 0 saturated heterocycles. The van der Waals surface area contributed by atoms with E-state index < -0.39 is 16.1 Å². The molecule has 0 unspecified atom stereocenters. The van der Waals surface area contributed by atoms with E-state index in [0.29, 0.717) is 38.8 Å². The summed E-state index contributed by atoms with van der Waals surface area (Å²) in [6, 6.07) is 16.7. The van der Waals surface area contributed by atoms with Crippen molar-refractivity contribution in [3.05, 3.63) is 70.8 Å². The van der Waals surface area contributed by atoms with Gasteiger partial charge in [0.05, 0.1) is 11.1 Å². The van der Waals surface area contributed by atoms with Gasteiger partial charge in [-0.3, -0.25) is 0 Å². The van der Waals surface area contributed by atoms with Gasteiger partial charge in [0.25, 0.3) is 0 Å². The van der Waals surface area contributed by atoms with Crippen LogP contribution >= 0.6 is 0 Å². The Kier molecular flexibility index (Phi) is 15.0. The van der Waals surface area contributed by atoms with Crippen molar-refractivity contribution in [1.82, 2.24) is 0 Å². The summed E-state index contributed by atoms with van der Waals surface area (Å²) in [6.45, 7) is 28.3. The summed E-state index contributed by atoms with van der Waals surface area (Å²) >= 11 is 0. The summed E-state index contributed by atoms with van der Waals surface area (Å²) in [6.07, 6.45) is 0. The predicted octanol–water partition coefficient (Wildman–Crippen LogP) is 11.0. The maximum Gasteiger partial charge on any atom is 0.146 e. The Morgan fingerprint density at radius 2 is 0.667 bits per heavy atom. The van der Waals surface area contributed by atoms with Gasteiger partial charge in [0.1, 0.15) is 16.1 Å². The second-order valence-corrected chi connectivity index (χ2v) is 26.6. The Morgan fingerprint density at radius 3 is 0.896 bits per heavy atom. The average Bonchev–Trinajstić information content (AvgIpc) is 3.00. The molecule has 4 heteroatoms. The molecular formula is C44H62N2Si2. The van der Waals surface area contributed by atoms with Gasteiger partial charge in [-0.05, 0) is 81.8 Å². The van der Waals surface area contributed by atoms with Gasteiger partial charge in [0.15, 0.2) is 0 Å². The van der Waals surface area contributed by atoms with Gasteiger partial charge in [-0.15, -0.1) is 11.1 Å². The molecule has 0 heterocycles. The van der Waals surface area contributed by atoms with E-state index in [1.54, 1.807) is 0 Å². The largest absolute Gasteiger partial charge is 0.378 e. The molecule has 0 aliphatic carbocycles. The summed E-state index contributed by atoms with van der Waals surface area (Å²) in [5, 5.41) is 0. The van der Waals surface area contributed by atoms with Crippen LogP contribution in [0.15, 0.2) is 59.7 Å². The van der Waals surface area contributed by atoms with Crippen LogP contribution < -0.4 is 9.80 Å². The fourth-order valence-corrected chi connectivity index (χ4v) is 17.9. The Hall–Kier alpha value is -3.55. The fourth-order valence-electron chi connectivity index (χ4n) is 7.48. The second kappa shape index (κ2) is 17.7. The highest BCUT2D eigenvalue weighted by molar-refractivity contribution is 6.91. The van der Waals surface area contributed by atoms with Crippen molar-refractivity contribution in [3.8, 4) is 46.6 Å². The van der Waals surface area contributed by atoms with Crippen LogP contribution in [0.1, 0.15) is 94.2 Å². The lowest BCUT2D eigenvalue weighted by Crippen LogP contribution is -2.43. The first-order chi connectivity index (χ1) is 22.4. The van der Waals surface area contributed by atoms with Crippen molar-refractivity contribution in [2.24, 2.45) is 0 Å². The molecular weight excluding hydrogens is 613 g/mol. The number of benzene rings is 2. The zero-order valence-corrected chi connectivity index (χ0v) is 35.0. The van der Waals surface area contributed by atoms with Crippen LogP contribution in [0.25, 0.3) is 0 Å². The summed E-state index contributed by atoms with van der Waals surface area (Å²) in [5.74, 6) is 21.3. The molecule has 0 spiro atoms. The van der Waals surface area contributed by atoms with E-state index in [1.807, 2.05) is 0 Å². The van der Waals surface area contributed by atoms with Gasteiger partial charge < -0.3 is 9.80 Å². The molecule has 2 aromatic rings. The molecule has 0 amide bonds. The molecule has 2 aromatic carbocycles. The molecule has 2 nitrogen and oxygen atoms in total. The van der Waals surface area contributed by atoms with Crippen molar-refractivity contribution in [2.75, 3.05) is 38.0 Å². The SMILES string of the molecule is CC(C)[Si](C#CC(C#C[Si](C(C)C)(C(C)C)C(C)C)=C(C#Cc1ccc(N(C)C)cc1)C#Cc1ccc(N(C)C)cc1)(C(C)C)C(C)C. The minimum atomic E-state index is -2.04. The number of anilines is 2. The minimum absolute atomic E-state index is 0.515. The molecule has 0 N–H and O–H groups in total. The summed E-state index contributed by atoms with van der Waals surface area (Å²) in [4.78, 5) is 4.20. The molecule has 0 bridgehead atoms. The topological polar surface area (TPSA) is 6.48 Å². The normalized spacial score (nSPS) is 11.4. The van der Waals surface area contributed by atoms with Gasteiger partial charge in [0, 0.05) is 50.7 Å². The number of allylic oxidation sites excluding steroid dienone is 2. The average molecular weight is 675 g/mol. The summed E-state index contributed by atoms with van der Waals surface area (Å²) in [7, 11) is 4.12. The lowest BCUT2D eigenvalue weighted by atomic mass is 10.1. The van der Waals surface area contributed by atoms with E-state index in [0.717, 1.165) is 28.1 Å². The van der Waals surface area contributed by atoms with E-state index in [9.17, 15) is 0 Å². The molecule has 48 heavy (non-hydrogen) atoms. The number of nitrogens with zero attached hydrogens (tertiary/aromatic N) is 2. The van der Waals surface area contributed by atoms with Crippen LogP contribution in [-0.2, 0) is 0 Å². The highest BCUT2D eigenvalue weighted by Gasteiger charge is 2.43. The van der Waals surface area contributed by atoms with Crippen LogP contribution in [-0.4, -0.2) is 44.3 Å². The number of rotatable bonds is 8. The van der Waals surface area contributed by atoms with Crippen LogP contribution in [0.2, 0.25) is 33.2 Å². The van der Waals surface area contributed by atoms with Crippen molar-refractivity contribution >= 4 is 27.5 Å². The van der Waals surface area contributed by atoms with Gasteiger partial charge in [-0.1, -0.05) is 119 Å². The molecule has 256 valence electrons. The zero-order valence-electron chi connectivity index (χ0n) is 33.0. The highest BCUT2D eigenvalue weighted by atomic mass is 28.3. The predicted molar refractivity (Wildman–Crippen MR) is 220 cm³/mol. The van der Waals surface area contributed by atoms with Gasteiger partial charge in [-0.2, -0.15) is 0 Å². The van der Waals surface area contributed by atoms with Crippen molar-refractivity contribution in [1.29, 1.82) is 0 Å². The van der Waals surface area contributed by atoms with Crippen LogP contribution in [0, 0.1) is 46.6 Å². The maximum atomic E-state index is 3.97. The minimum Gasteiger partial charge on any atom is -0.378 e. The zero-order chi connectivity index (χ0) is 36.4. The quantitative estimate of drug-likeness (QED) is 0.203. The third-order valence-electron chi connectivity index (χ3n) is 10.2. The maximum absolute atomic E-state index is 3.97. The molecule has 2 rings (SSSR count). The lowest BCUT2D eigenvalue weighted by molar-refractivity contribution is 0.838. The van der Waals surface area contributed by atoms with E-state index in [4.69, 9.17) is 0 Å². The first-order valence-corrected chi connectivity index (χ1v) is 22.3. The van der Waals surface area contributed by atoms with Crippen molar-refractivity contribution in [3.63, 3.8) is 0 Å². The molecule has 0 atom stereocenters. The second-order valence-electron chi connectivity index (χ2n) is 15.4.